The van der Waals surface area contributed by atoms with Crippen molar-refractivity contribution in [3.63, 3.8) is 0 Å². The maximum Gasteiger partial charge on any atom is 0.117 e. The normalized spacial score (nSPS) is 7.38. The molecule has 0 spiro atoms. The second kappa shape index (κ2) is 15.7. The molecule has 2 radical (unpaired) electrons. The molecule has 0 aliphatic heterocycles. The third-order valence-corrected chi connectivity index (χ3v) is 0.436. The van der Waals surface area contributed by atoms with Crippen molar-refractivity contribution < 1.29 is 4.29 Å². The number of hydrogen-bond donors (Lipinski definition) is 0. The van der Waals surface area contributed by atoms with Crippen LogP contribution in [0.5, 0.6) is 0 Å². The minimum absolute atomic E-state index is 0.654. The highest BCUT2D eigenvalue weighted by Gasteiger charge is 1.69. The summed E-state index contributed by atoms with van der Waals surface area (Å²) >= 11 is 7.38. The lowest BCUT2D eigenvalue weighted by Crippen LogP contribution is -1.74. The molecule has 0 rings (SSSR count). The average molecular weight is 151 g/mol. The van der Waals surface area contributed by atoms with Crippen molar-refractivity contribution in [3.05, 3.63) is 0 Å². The summed E-state index contributed by atoms with van der Waals surface area (Å²) in [5.41, 5.74) is 0. The standard InChI is InChI=1S/C3H7ClO.C2H5.Al/c1-2-3-5-4;1-2;/h2-3H2,1H3;1H2,2H3;. The van der Waals surface area contributed by atoms with Crippen LogP contribution in [0.25, 0.3) is 0 Å². The molecule has 1 nitrogen and oxygen atoms in total. The van der Waals surface area contributed by atoms with E-state index in [4.69, 9.17) is 11.9 Å². The van der Waals surface area contributed by atoms with Crippen LogP contribution in [-0.4, -0.2) is 22.9 Å². The van der Waals surface area contributed by atoms with E-state index in [1.165, 1.54) is 5.28 Å². The summed E-state index contributed by atoms with van der Waals surface area (Å²) < 4.78 is 4.16. The molecule has 0 saturated carbocycles. The summed E-state index contributed by atoms with van der Waals surface area (Å²) in [6, 6.07) is 0. The van der Waals surface area contributed by atoms with E-state index in [2.05, 4.69) is 27.5 Å². The van der Waals surface area contributed by atoms with Gasteiger partial charge in [0.25, 0.3) is 0 Å². The van der Waals surface area contributed by atoms with Crippen LogP contribution in [0.3, 0.4) is 0 Å². The van der Waals surface area contributed by atoms with Gasteiger partial charge in [0.1, 0.15) is 16.3 Å². The second-order valence-corrected chi connectivity index (χ2v) is 2.26. The molecule has 0 unspecified atom stereocenters. The highest BCUT2D eigenvalue weighted by atomic mass is 35.5. The predicted octanol–water partition coefficient (Wildman–Crippen LogP) is 2.16. The first-order valence-corrected chi connectivity index (χ1v) is 3.89. The van der Waals surface area contributed by atoms with Crippen LogP contribution in [0.15, 0.2) is 0 Å². The van der Waals surface area contributed by atoms with Crippen molar-refractivity contribution in [2.24, 2.45) is 0 Å². The van der Waals surface area contributed by atoms with Gasteiger partial charge in [-0.2, -0.15) is 0 Å². The van der Waals surface area contributed by atoms with Gasteiger partial charge in [-0.15, -0.1) is 5.28 Å². The van der Waals surface area contributed by atoms with Gasteiger partial charge in [-0.05, 0) is 6.42 Å². The second-order valence-electron chi connectivity index (χ2n) is 1.22. The average Bonchev–Trinajstić information content (AvgIpc) is 1.71. The first-order chi connectivity index (χ1) is 3.83. The zero-order chi connectivity index (χ0) is 6.83. The highest BCUT2D eigenvalue weighted by Crippen LogP contribution is 1.80. The zero-order valence-corrected chi connectivity index (χ0v) is 7.40. The molecule has 48 valence electrons. The Hall–Kier alpha value is 0.782. The molecule has 0 heterocycles. The first-order valence-electron chi connectivity index (χ1n) is 2.77. The minimum atomic E-state index is 0.654. The van der Waals surface area contributed by atoms with Crippen molar-refractivity contribution in [1.29, 1.82) is 0 Å². The van der Waals surface area contributed by atoms with Crippen LogP contribution < -0.4 is 0 Å². The fourth-order valence-electron chi connectivity index (χ4n) is 0.0772. The molecule has 0 aliphatic rings. The van der Waals surface area contributed by atoms with Crippen LogP contribution >= 0.6 is 11.9 Å². The van der Waals surface area contributed by atoms with Crippen LogP contribution in [0, 0.1) is 0 Å². The Bertz CT molecular complexity index is 26.4. The van der Waals surface area contributed by atoms with Gasteiger partial charge in [0.05, 0.1) is 18.5 Å². The van der Waals surface area contributed by atoms with Crippen LogP contribution in [0.4, 0.5) is 0 Å². The fraction of sp³-hybridized carbons (Fsp3) is 1.00. The van der Waals surface area contributed by atoms with Crippen molar-refractivity contribution >= 4 is 28.2 Å². The Morgan fingerprint density at radius 2 is 1.88 bits per heavy atom. The quantitative estimate of drug-likeness (QED) is 0.549. The highest BCUT2D eigenvalue weighted by molar-refractivity contribution is 6.08. The van der Waals surface area contributed by atoms with Crippen LogP contribution in [-0.2, 0) is 4.29 Å². The first kappa shape index (κ1) is 11.6. The predicted molar refractivity (Wildman–Crippen MR) is 38.3 cm³/mol. The van der Waals surface area contributed by atoms with Gasteiger partial charge in [-0.1, -0.05) is 13.8 Å². The minimum Gasteiger partial charge on any atom is -0.279 e. The Balaban J connectivity index is 0. The lowest BCUT2D eigenvalue weighted by molar-refractivity contribution is 0.351. The Kier molecular flexibility index (Phi) is 22.6. The van der Waals surface area contributed by atoms with Crippen molar-refractivity contribution in [2.45, 2.75) is 25.6 Å². The Morgan fingerprint density at radius 1 is 1.50 bits per heavy atom. The number of halogens is 1. The maximum atomic E-state index is 4.80. The molecule has 0 saturated heterocycles. The van der Waals surface area contributed by atoms with E-state index in [-0.39, 0.29) is 0 Å². The Morgan fingerprint density at radius 3 is 1.88 bits per heavy atom. The molecule has 0 fully saturated rings. The van der Waals surface area contributed by atoms with Crippen molar-refractivity contribution in [3.8, 4) is 0 Å². The van der Waals surface area contributed by atoms with Gasteiger partial charge < -0.3 is 0 Å². The molecule has 8 heavy (non-hydrogen) atoms. The van der Waals surface area contributed by atoms with Gasteiger partial charge in [0, 0.05) is 0 Å². The number of rotatable bonds is 2. The van der Waals surface area contributed by atoms with E-state index in [1.54, 1.807) is 0 Å². The van der Waals surface area contributed by atoms with Gasteiger partial charge >= 0.3 is 0 Å². The SMILES string of the molecule is CCCOCl.C[CH2][Al]. The summed E-state index contributed by atoms with van der Waals surface area (Å²) in [4.78, 5) is 0. The monoisotopic (exact) mass is 150 g/mol. The largest absolute Gasteiger partial charge is 0.279 e. The molecule has 0 aromatic carbocycles. The molecular formula is C5H12AlClO. The van der Waals surface area contributed by atoms with Gasteiger partial charge in [0.2, 0.25) is 0 Å². The smallest absolute Gasteiger partial charge is 0.117 e. The van der Waals surface area contributed by atoms with E-state index < -0.39 is 0 Å². The van der Waals surface area contributed by atoms with Crippen LogP contribution in [0.2, 0.25) is 5.28 Å². The van der Waals surface area contributed by atoms with E-state index in [0.29, 0.717) is 6.61 Å². The molecule has 0 aromatic heterocycles. The van der Waals surface area contributed by atoms with Gasteiger partial charge in [-0.3, -0.25) is 4.29 Å². The Labute approximate surface area is 65.0 Å². The van der Waals surface area contributed by atoms with Gasteiger partial charge in [0.15, 0.2) is 0 Å². The number of hydrogen-bond acceptors (Lipinski definition) is 1. The maximum absolute atomic E-state index is 4.80. The zero-order valence-electron chi connectivity index (χ0n) is 5.48. The third-order valence-electron chi connectivity index (χ3n) is 0.281. The molecule has 3 heteroatoms. The van der Waals surface area contributed by atoms with E-state index in [1.807, 2.05) is 6.92 Å². The van der Waals surface area contributed by atoms with Crippen molar-refractivity contribution in [2.75, 3.05) is 6.61 Å². The van der Waals surface area contributed by atoms with Gasteiger partial charge in [-0.25, -0.2) is 0 Å². The van der Waals surface area contributed by atoms with E-state index >= 15 is 0 Å². The molecule has 0 N–H and O–H groups in total. The topological polar surface area (TPSA) is 9.23 Å². The lowest BCUT2D eigenvalue weighted by atomic mass is 10.5. The summed E-state index contributed by atoms with van der Waals surface area (Å²) in [6.07, 6.45) is 0.990. The molecule has 0 aliphatic carbocycles. The molecular weight excluding hydrogens is 138 g/mol. The van der Waals surface area contributed by atoms with E-state index in [0.717, 1.165) is 6.42 Å². The summed E-state index contributed by atoms with van der Waals surface area (Å²) in [5.74, 6) is 0. The fourth-order valence-corrected chi connectivity index (χ4v) is 0.231. The summed E-state index contributed by atoms with van der Waals surface area (Å²) in [7, 11) is 0. The summed E-state index contributed by atoms with van der Waals surface area (Å²) in [6.45, 7) is 4.74. The molecule has 0 atom stereocenters. The van der Waals surface area contributed by atoms with Crippen molar-refractivity contribution in [1.82, 2.24) is 0 Å². The molecule has 0 amide bonds. The molecule has 0 aromatic rings. The lowest BCUT2D eigenvalue weighted by Gasteiger charge is -1.80. The summed E-state index contributed by atoms with van der Waals surface area (Å²) in [5, 5.41) is 1.17. The third kappa shape index (κ3) is 29.3. The van der Waals surface area contributed by atoms with E-state index in [9.17, 15) is 0 Å². The molecule has 0 bridgehead atoms. The van der Waals surface area contributed by atoms with Crippen LogP contribution in [0.1, 0.15) is 20.3 Å².